The smallest absolute Gasteiger partial charge is 0.298 e. The fraction of sp³-hybridized carbons (Fsp3) is 0.524. The maximum atomic E-state index is 13.5. The number of thiazole rings is 1. The van der Waals surface area contributed by atoms with E-state index in [1.807, 2.05) is 10.6 Å². The van der Waals surface area contributed by atoms with Crippen molar-refractivity contribution in [2.75, 3.05) is 44.3 Å². The highest BCUT2D eigenvalue weighted by Crippen LogP contribution is 2.31. The van der Waals surface area contributed by atoms with Crippen LogP contribution in [0.4, 0.5) is 5.13 Å². The van der Waals surface area contributed by atoms with Crippen molar-refractivity contribution in [3.63, 3.8) is 0 Å². The number of aromatic nitrogens is 4. The second-order valence-electron chi connectivity index (χ2n) is 7.93. The number of hydrogen-bond acceptors (Lipinski definition) is 7. The molecule has 3 aromatic rings. The van der Waals surface area contributed by atoms with Gasteiger partial charge in [-0.2, -0.15) is 0 Å². The molecule has 4 heterocycles. The first-order valence-corrected chi connectivity index (χ1v) is 11.4. The van der Waals surface area contributed by atoms with Gasteiger partial charge in [0.1, 0.15) is 5.82 Å². The standard InChI is InChI=1S/C21H26N6O2S/c1-15-5-6-16-17(14-15)30-21(22-16)27(9-3-7-25-10-12-29-13-11-25)20(28)19-24-23-18-4-2-8-26(18)19/h5-6,14H,2-4,7-13H2,1H3. The zero-order valence-corrected chi connectivity index (χ0v) is 18.0. The minimum atomic E-state index is -0.103. The molecule has 9 heteroatoms. The van der Waals surface area contributed by atoms with Gasteiger partial charge in [0.05, 0.1) is 23.4 Å². The third kappa shape index (κ3) is 3.84. The fourth-order valence-electron chi connectivity index (χ4n) is 4.13. The van der Waals surface area contributed by atoms with E-state index in [2.05, 4.69) is 34.2 Å². The molecular weight excluding hydrogens is 400 g/mol. The van der Waals surface area contributed by atoms with Crippen LogP contribution in [0.5, 0.6) is 0 Å². The molecule has 0 spiro atoms. The third-order valence-corrected chi connectivity index (χ3v) is 6.81. The van der Waals surface area contributed by atoms with Crippen LogP contribution in [0.15, 0.2) is 18.2 Å². The molecular formula is C21H26N6O2S. The lowest BCUT2D eigenvalue weighted by Gasteiger charge is -2.27. The molecule has 1 saturated heterocycles. The Kier molecular flexibility index (Phi) is 5.49. The van der Waals surface area contributed by atoms with Gasteiger partial charge in [-0.3, -0.25) is 14.6 Å². The van der Waals surface area contributed by atoms with E-state index in [1.165, 1.54) is 5.56 Å². The lowest BCUT2D eigenvalue weighted by Crippen LogP contribution is -2.39. The normalized spacial score (nSPS) is 16.8. The minimum Gasteiger partial charge on any atom is -0.379 e. The molecule has 0 N–H and O–H groups in total. The number of ether oxygens (including phenoxy) is 1. The van der Waals surface area contributed by atoms with E-state index in [4.69, 9.17) is 9.72 Å². The van der Waals surface area contributed by atoms with Crippen molar-refractivity contribution in [3.8, 4) is 0 Å². The first kappa shape index (κ1) is 19.6. The quantitative estimate of drug-likeness (QED) is 0.603. The van der Waals surface area contributed by atoms with E-state index in [-0.39, 0.29) is 5.91 Å². The Bertz CT molecular complexity index is 1060. The van der Waals surface area contributed by atoms with Gasteiger partial charge in [-0.1, -0.05) is 17.4 Å². The number of anilines is 1. The van der Waals surface area contributed by atoms with E-state index in [0.29, 0.717) is 12.4 Å². The molecule has 0 saturated carbocycles. The summed E-state index contributed by atoms with van der Waals surface area (Å²) in [5.41, 5.74) is 2.12. The van der Waals surface area contributed by atoms with Crippen LogP contribution < -0.4 is 4.90 Å². The number of carbonyl (C=O) groups is 1. The molecule has 30 heavy (non-hydrogen) atoms. The number of benzene rings is 1. The lowest BCUT2D eigenvalue weighted by atomic mass is 10.2. The van der Waals surface area contributed by atoms with E-state index in [9.17, 15) is 4.79 Å². The highest BCUT2D eigenvalue weighted by Gasteiger charge is 2.29. The van der Waals surface area contributed by atoms with Crippen molar-refractivity contribution in [1.29, 1.82) is 0 Å². The van der Waals surface area contributed by atoms with Crippen molar-refractivity contribution < 1.29 is 9.53 Å². The average molecular weight is 427 g/mol. The van der Waals surface area contributed by atoms with Crippen LogP contribution in [0, 0.1) is 6.92 Å². The van der Waals surface area contributed by atoms with Gasteiger partial charge >= 0.3 is 0 Å². The van der Waals surface area contributed by atoms with Gasteiger partial charge < -0.3 is 9.30 Å². The van der Waals surface area contributed by atoms with Gasteiger partial charge in [0, 0.05) is 39.1 Å². The van der Waals surface area contributed by atoms with Crippen molar-refractivity contribution in [2.24, 2.45) is 0 Å². The van der Waals surface area contributed by atoms with Crippen LogP contribution in [0.2, 0.25) is 0 Å². The van der Waals surface area contributed by atoms with Crippen LogP contribution >= 0.6 is 11.3 Å². The molecule has 1 amide bonds. The molecule has 8 nitrogen and oxygen atoms in total. The van der Waals surface area contributed by atoms with E-state index in [0.717, 1.165) is 79.8 Å². The van der Waals surface area contributed by atoms with Crippen LogP contribution in [0.3, 0.4) is 0 Å². The molecule has 158 valence electrons. The fourth-order valence-corrected chi connectivity index (χ4v) is 5.21. The number of aryl methyl sites for hydroxylation is 2. The maximum absolute atomic E-state index is 13.5. The summed E-state index contributed by atoms with van der Waals surface area (Å²) in [7, 11) is 0. The molecule has 0 atom stereocenters. The lowest BCUT2D eigenvalue weighted by molar-refractivity contribution is 0.0376. The number of amides is 1. The third-order valence-electron chi connectivity index (χ3n) is 5.77. The van der Waals surface area contributed by atoms with Crippen LogP contribution in [0.25, 0.3) is 10.2 Å². The summed E-state index contributed by atoms with van der Waals surface area (Å²) in [6.45, 7) is 7.90. The largest absolute Gasteiger partial charge is 0.379 e. The number of hydrogen-bond donors (Lipinski definition) is 0. The van der Waals surface area contributed by atoms with Crippen LogP contribution in [-0.2, 0) is 17.7 Å². The summed E-state index contributed by atoms with van der Waals surface area (Å²) in [6.07, 6.45) is 2.78. The Balaban J connectivity index is 1.40. The number of carbonyl (C=O) groups excluding carboxylic acids is 1. The minimum absolute atomic E-state index is 0.103. The van der Waals surface area contributed by atoms with Crippen LogP contribution in [0.1, 0.15) is 34.8 Å². The van der Waals surface area contributed by atoms with E-state index in [1.54, 1.807) is 16.2 Å². The summed E-state index contributed by atoms with van der Waals surface area (Å²) >= 11 is 1.57. The van der Waals surface area contributed by atoms with Crippen molar-refractivity contribution in [1.82, 2.24) is 24.6 Å². The molecule has 0 radical (unpaired) electrons. The topological polar surface area (TPSA) is 76.4 Å². The molecule has 0 unspecified atom stereocenters. The predicted octanol–water partition coefficient (Wildman–Crippen LogP) is 2.51. The molecule has 2 aromatic heterocycles. The molecule has 1 aromatic carbocycles. The van der Waals surface area contributed by atoms with Crippen molar-refractivity contribution in [2.45, 2.75) is 32.7 Å². The maximum Gasteiger partial charge on any atom is 0.298 e. The van der Waals surface area contributed by atoms with Crippen LogP contribution in [-0.4, -0.2) is 69.9 Å². The van der Waals surface area contributed by atoms with Gasteiger partial charge in [0.25, 0.3) is 5.91 Å². The van der Waals surface area contributed by atoms with Gasteiger partial charge in [-0.05, 0) is 37.5 Å². The van der Waals surface area contributed by atoms with E-state index < -0.39 is 0 Å². The molecule has 2 aliphatic heterocycles. The molecule has 0 aliphatic carbocycles. The Labute approximate surface area is 179 Å². The van der Waals surface area contributed by atoms with Crippen molar-refractivity contribution >= 4 is 32.6 Å². The summed E-state index contributed by atoms with van der Waals surface area (Å²) in [5, 5.41) is 9.18. The Hall–Kier alpha value is -2.36. The highest BCUT2D eigenvalue weighted by molar-refractivity contribution is 7.22. The predicted molar refractivity (Wildman–Crippen MR) is 116 cm³/mol. The molecule has 5 rings (SSSR count). The Morgan fingerprint density at radius 2 is 2.10 bits per heavy atom. The molecule has 1 fully saturated rings. The average Bonchev–Trinajstić information content (AvgIpc) is 3.46. The highest BCUT2D eigenvalue weighted by atomic mass is 32.1. The van der Waals surface area contributed by atoms with E-state index >= 15 is 0 Å². The Morgan fingerprint density at radius 1 is 1.23 bits per heavy atom. The zero-order chi connectivity index (χ0) is 20.5. The number of nitrogens with zero attached hydrogens (tertiary/aromatic N) is 6. The van der Waals surface area contributed by atoms with Crippen molar-refractivity contribution in [3.05, 3.63) is 35.4 Å². The van der Waals surface area contributed by atoms with Gasteiger partial charge in [-0.25, -0.2) is 4.98 Å². The summed E-state index contributed by atoms with van der Waals surface area (Å²) < 4.78 is 8.50. The molecule has 0 bridgehead atoms. The summed E-state index contributed by atoms with van der Waals surface area (Å²) in [4.78, 5) is 22.5. The SMILES string of the molecule is Cc1ccc2nc(N(CCCN3CCOCC3)C(=O)c3nnc4n3CCC4)sc2c1. The van der Waals surface area contributed by atoms with Gasteiger partial charge in [0.2, 0.25) is 5.82 Å². The molecule has 2 aliphatic rings. The number of fused-ring (bicyclic) bond motifs is 2. The zero-order valence-electron chi connectivity index (χ0n) is 17.2. The second-order valence-corrected chi connectivity index (χ2v) is 8.94. The number of rotatable bonds is 6. The first-order chi connectivity index (χ1) is 14.7. The van der Waals surface area contributed by atoms with Gasteiger partial charge in [0.15, 0.2) is 5.13 Å². The summed E-state index contributed by atoms with van der Waals surface area (Å²) in [5.74, 6) is 1.24. The summed E-state index contributed by atoms with van der Waals surface area (Å²) in [6, 6.07) is 6.21. The van der Waals surface area contributed by atoms with Gasteiger partial charge in [-0.15, -0.1) is 10.2 Å². The monoisotopic (exact) mass is 426 g/mol. The first-order valence-electron chi connectivity index (χ1n) is 10.6. The second kappa shape index (κ2) is 8.41. The number of morpholine rings is 1. The Morgan fingerprint density at radius 3 is 2.97 bits per heavy atom.